The van der Waals surface area contributed by atoms with E-state index in [1.54, 1.807) is 0 Å². The van der Waals surface area contributed by atoms with Gasteiger partial charge in [-0.2, -0.15) is 0 Å². The Hall–Kier alpha value is -0.980. The van der Waals surface area contributed by atoms with Crippen molar-refractivity contribution in [3.05, 3.63) is 29.8 Å². The summed E-state index contributed by atoms with van der Waals surface area (Å²) in [5.41, 5.74) is 1.85. The second-order valence-electron chi connectivity index (χ2n) is 8.58. The first-order valence-corrected chi connectivity index (χ1v) is 9.70. The van der Waals surface area contributed by atoms with Crippen molar-refractivity contribution in [2.75, 3.05) is 6.61 Å². The predicted molar refractivity (Wildman–Crippen MR) is 100 cm³/mol. The molecule has 1 aromatic rings. The maximum atomic E-state index is 5.98. The van der Waals surface area contributed by atoms with Crippen LogP contribution in [0, 0.1) is 11.3 Å². The van der Waals surface area contributed by atoms with Gasteiger partial charge in [0.05, 0.1) is 6.61 Å². The van der Waals surface area contributed by atoms with E-state index >= 15 is 0 Å². The van der Waals surface area contributed by atoms with E-state index in [1.807, 2.05) is 0 Å². The Morgan fingerprint density at radius 1 is 1.04 bits per heavy atom. The highest BCUT2D eigenvalue weighted by Crippen LogP contribution is 2.34. The molecule has 1 heteroatoms. The van der Waals surface area contributed by atoms with Crippen LogP contribution >= 0.6 is 0 Å². The number of benzene rings is 1. The Bertz CT molecular complexity index is 434. The monoisotopic (exact) mass is 316 g/mol. The molecule has 0 N–H and O–H groups in total. The first-order chi connectivity index (χ1) is 11.0. The molecule has 130 valence electrons. The summed E-state index contributed by atoms with van der Waals surface area (Å²) < 4.78 is 5.98. The number of hydrogen-bond donors (Lipinski definition) is 0. The molecular weight excluding hydrogens is 280 g/mol. The molecule has 23 heavy (non-hydrogen) atoms. The Kier molecular flexibility index (Phi) is 6.99. The van der Waals surface area contributed by atoms with Crippen molar-refractivity contribution in [3.63, 3.8) is 0 Å². The fraction of sp³-hybridized carbons (Fsp3) is 0.727. The van der Waals surface area contributed by atoms with E-state index in [0.717, 1.165) is 18.3 Å². The van der Waals surface area contributed by atoms with E-state index in [4.69, 9.17) is 4.74 Å². The van der Waals surface area contributed by atoms with Gasteiger partial charge in [-0.1, -0.05) is 71.9 Å². The minimum Gasteiger partial charge on any atom is -0.494 e. The molecule has 0 heterocycles. The molecule has 0 aromatic heterocycles. The van der Waals surface area contributed by atoms with E-state index in [0.29, 0.717) is 11.3 Å². The second-order valence-corrected chi connectivity index (χ2v) is 8.58. The van der Waals surface area contributed by atoms with Crippen LogP contribution in [-0.4, -0.2) is 6.61 Å². The van der Waals surface area contributed by atoms with E-state index in [9.17, 15) is 0 Å². The van der Waals surface area contributed by atoms with Crippen LogP contribution in [0.4, 0.5) is 0 Å². The summed E-state index contributed by atoms with van der Waals surface area (Å²) in [5, 5.41) is 0. The average Bonchev–Trinajstić information content (AvgIpc) is 2.53. The third kappa shape index (κ3) is 6.57. The Balaban J connectivity index is 1.81. The minimum absolute atomic E-state index is 0.385. The van der Waals surface area contributed by atoms with Gasteiger partial charge in [0.15, 0.2) is 0 Å². The summed E-state index contributed by atoms with van der Waals surface area (Å²) in [6.07, 6.45) is 10.8. The van der Waals surface area contributed by atoms with Gasteiger partial charge >= 0.3 is 0 Å². The molecule has 0 amide bonds. The molecule has 1 aromatic carbocycles. The van der Waals surface area contributed by atoms with Gasteiger partial charge in [0.25, 0.3) is 0 Å². The predicted octanol–water partition coefficient (Wildman–Crippen LogP) is 6.97. The van der Waals surface area contributed by atoms with E-state index in [2.05, 4.69) is 52.0 Å². The largest absolute Gasteiger partial charge is 0.494 e. The molecule has 1 aliphatic rings. The molecule has 1 saturated carbocycles. The van der Waals surface area contributed by atoms with E-state index < -0.39 is 0 Å². The Morgan fingerprint density at radius 3 is 2.26 bits per heavy atom. The molecule has 0 radical (unpaired) electrons. The standard InChI is InChI=1S/C22H36O/c1-5-19(17-22(2,3)4)20-11-13-21(14-12-20)23-16-15-18-9-7-6-8-10-18/h11-14,18-19H,5-10,15-17H2,1-4H3. The second kappa shape index (κ2) is 8.76. The molecule has 1 unspecified atom stereocenters. The number of ether oxygens (including phenoxy) is 1. The van der Waals surface area contributed by atoms with Crippen molar-refractivity contribution < 1.29 is 4.74 Å². The normalized spacial score (nSPS) is 17.9. The van der Waals surface area contributed by atoms with Crippen LogP contribution in [0.3, 0.4) is 0 Å². The lowest BCUT2D eigenvalue weighted by Crippen LogP contribution is -2.12. The third-order valence-electron chi connectivity index (χ3n) is 5.22. The molecular formula is C22H36O. The van der Waals surface area contributed by atoms with Crippen molar-refractivity contribution in [1.82, 2.24) is 0 Å². The topological polar surface area (TPSA) is 9.23 Å². The van der Waals surface area contributed by atoms with Crippen LogP contribution < -0.4 is 4.74 Å². The highest BCUT2D eigenvalue weighted by Gasteiger charge is 2.19. The lowest BCUT2D eigenvalue weighted by molar-refractivity contribution is 0.246. The molecule has 1 nitrogen and oxygen atoms in total. The van der Waals surface area contributed by atoms with Gasteiger partial charge < -0.3 is 4.74 Å². The SMILES string of the molecule is CCC(CC(C)(C)C)c1ccc(OCCC2CCCCC2)cc1. The quantitative estimate of drug-likeness (QED) is 0.528. The van der Waals surface area contributed by atoms with Gasteiger partial charge in [0.2, 0.25) is 0 Å². The molecule has 0 saturated heterocycles. The maximum Gasteiger partial charge on any atom is 0.119 e. The highest BCUT2D eigenvalue weighted by molar-refractivity contribution is 5.29. The van der Waals surface area contributed by atoms with Crippen molar-refractivity contribution in [2.45, 2.75) is 85.0 Å². The van der Waals surface area contributed by atoms with Gasteiger partial charge in [-0.3, -0.25) is 0 Å². The summed E-state index contributed by atoms with van der Waals surface area (Å²) in [4.78, 5) is 0. The van der Waals surface area contributed by atoms with E-state index in [-0.39, 0.29) is 0 Å². The average molecular weight is 317 g/mol. The summed E-state index contributed by atoms with van der Waals surface area (Å²) >= 11 is 0. The van der Waals surface area contributed by atoms with Crippen LogP contribution in [0.25, 0.3) is 0 Å². The fourth-order valence-corrected chi connectivity index (χ4v) is 3.89. The van der Waals surface area contributed by atoms with Crippen LogP contribution in [0.1, 0.15) is 90.5 Å². The number of rotatable bonds is 7. The van der Waals surface area contributed by atoms with Crippen molar-refractivity contribution in [2.24, 2.45) is 11.3 Å². The third-order valence-corrected chi connectivity index (χ3v) is 5.22. The zero-order chi connectivity index (χ0) is 16.7. The van der Waals surface area contributed by atoms with Gasteiger partial charge in [-0.15, -0.1) is 0 Å². The summed E-state index contributed by atoms with van der Waals surface area (Å²) in [6.45, 7) is 10.2. The zero-order valence-corrected chi connectivity index (χ0v) is 15.7. The van der Waals surface area contributed by atoms with Crippen LogP contribution in [0.5, 0.6) is 5.75 Å². The molecule has 1 fully saturated rings. The van der Waals surface area contributed by atoms with Crippen molar-refractivity contribution in [3.8, 4) is 5.75 Å². The Morgan fingerprint density at radius 2 is 1.70 bits per heavy atom. The summed E-state index contributed by atoms with van der Waals surface area (Å²) in [6, 6.07) is 8.88. The smallest absolute Gasteiger partial charge is 0.119 e. The molecule has 0 spiro atoms. The summed E-state index contributed by atoms with van der Waals surface area (Å²) in [5.74, 6) is 2.60. The lowest BCUT2D eigenvalue weighted by atomic mass is 9.80. The van der Waals surface area contributed by atoms with Gasteiger partial charge in [-0.05, 0) is 54.2 Å². The van der Waals surface area contributed by atoms with Crippen molar-refractivity contribution >= 4 is 0 Å². The van der Waals surface area contributed by atoms with Crippen LogP contribution in [0.15, 0.2) is 24.3 Å². The first kappa shape index (κ1) is 18.4. The first-order valence-electron chi connectivity index (χ1n) is 9.70. The lowest BCUT2D eigenvalue weighted by Gasteiger charge is -2.25. The molecule has 2 rings (SSSR count). The fourth-order valence-electron chi connectivity index (χ4n) is 3.89. The van der Waals surface area contributed by atoms with Crippen LogP contribution in [-0.2, 0) is 0 Å². The zero-order valence-electron chi connectivity index (χ0n) is 15.7. The molecule has 1 aliphatic carbocycles. The van der Waals surface area contributed by atoms with Gasteiger partial charge in [0, 0.05) is 0 Å². The number of hydrogen-bond acceptors (Lipinski definition) is 1. The van der Waals surface area contributed by atoms with Crippen molar-refractivity contribution in [1.29, 1.82) is 0 Å². The molecule has 0 aliphatic heterocycles. The molecule has 1 atom stereocenters. The Labute approximate surface area is 143 Å². The molecule has 0 bridgehead atoms. The van der Waals surface area contributed by atoms with Gasteiger partial charge in [0.1, 0.15) is 5.75 Å². The highest BCUT2D eigenvalue weighted by atomic mass is 16.5. The van der Waals surface area contributed by atoms with Gasteiger partial charge in [-0.25, -0.2) is 0 Å². The van der Waals surface area contributed by atoms with E-state index in [1.165, 1.54) is 56.9 Å². The minimum atomic E-state index is 0.385. The summed E-state index contributed by atoms with van der Waals surface area (Å²) in [7, 11) is 0. The van der Waals surface area contributed by atoms with Crippen LogP contribution in [0.2, 0.25) is 0 Å². The maximum absolute atomic E-state index is 5.98.